The zero-order valence-electron chi connectivity index (χ0n) is 15.4. The summed E-state index contributed by atoms with van der Waals surface area (Å²) in [5, 5.41) is 0. The molecule has 28 heavy (non-hydrogen) atoms. The fraction of sp³-hybridized carbons (Fsp3) is 0.263. The van der Waals surface area contributed by atoms with E-state index in [0.29, 0.717) is 32.6 Å². The molecule has 0 spiro atoms. The molecule has 0 bridgehead atoms. The summed E-state index contributed by atoms with van der Waals surface area (Å²) in [6, 6.07) is 9.74. The molecule has 1 aromatic heterocycles. The second-order valence-corrected chi connectivity index (χ2v) is 6.81. The van der Waals surface area contributed by atoms with Crippen LogP contribution in [0.2, 0.25) is 0 Å². The van der Waals surface area contributed by atoms with E-state index >= 15 is 0 Å². The molecule has 1 amide bonds. The van der Waals surface area contributed by atoms with Gasteiger partial charge in [-0.3, -0.25) is 9.36 Å². The molecule has 0 aliphatic heterocycles. The van der Waals surface area contributed by atoms with Crippen molar-refractivity contribution in [1.82, 2.24) is 14.5 Å². The maximum absolute atomic E-state index is 13.6. The first-order chi connectivity index (χ1) is 13.4. The minimum Gasteiger partial charge on any atom is -0.495 e. The average Bonchev–Trinajstić information content (AvgIpc) is 3.05. The quantitative estimate of drug-likeness (QED) is 0.551. The van der Waals surface area contributed by atoms with Crippen LogP contribution in [0.15, 0.2) is 40.9 Å². The van der Waals surface area contributed by atoms with Gasteiger partial charge >= 0.3 is 6.55 Å². The van der Waals surface area contributed by atoms with Crippen molar-refractivity contribution in [2.45, 2.75) is 13.1 Å². The highest BCUT2D eigenvalue weighted by molar-refractivity contribution is 9.10. The number of benzene rings is 2. The molecule has 1 heterocycles. The molecule has 3 aromatic rings. The molecule has 9 heteroatoms. The van der Waals surface area contributed by atoms with Gasteiger partial charge in [-0.25, -0.2) is 4.98 Å². The summed E-state index contributed by atoms with van der Waals surface area (Å²) in [5.74, 6) is 0.576. The number of halogens is 3. The summed E-state index contributed by atoms with van der Waals surface area (Å²) in [6.45, 7) is -2.85. The predicted octanol–water partition coefficient (Wildman–Crippen LogP) is 4.48. The predicted molar refractivity (Wildman–Crippen MR) is 104 cm³/mol. The number of methoxy groups -OCH3 is 2. The lowest BCUT2D eigenvalue weighted by atomic mass is 10.1. The number of amides is 1. The molecule has 0 aliphatic rings. The van der Waals surface area contributed by atoms with Crippen molar-refractivity contribution in [1.29, 1.82) is 0 Å². The Hall–Kier alpha value is -2.68. The summed E-state index contributed by atoms with van der Waals surface area (Å²) < 4.78 is 39.1. The molecule has 0 saturated heterocycles. The van der Waals surface area contributed by atoms with E-state index < -0.39 is 6.55 Å². The van der Waals surface area contributed by atoms with Crippen molar-refractivity contribution in [3.8, 4) is 11.5 Å². The van der Waals surface area contributed by atoms with Crippen molar-refractivity contribution < 1.29 is 23.0 Å². The number of nitrogens with zero attached hydrogens (tertiary/aromatic N) is 3. The lowest BCUT2D eigenvalue weighted by Crippen LogP contribution is -2.28. The van der Waals surface area contributed by atoms with Gasteiger partial charge in [-0.05, 0) is 40.2 Å². The summed E-state index contributed by atoms with van der Waals surface area (Å²) in [4.78, 5) is 18.5. The fourth-order valence-electron chi connectivity index (χ4n) is 2.92. The Morgan fingerprint density at radius 2 is 1.82 bits per heavy atom. The number of para-hydroxylation sites is 2. The molecule has 0 aliphatic carbocycles. The largest absolute Gasteiger partial charge is 0.495 e. The molecular formula is C19H18BrF2N3O3. The summed E-state index contributed by atoms with van der Waals surface area (Å²) in [5.41, 5.74) is 1.07. The van der Waals surface area contributed by atoms with E-state index in [4.69, 9.17) is 9.47 Å². The van der Waals surface area contributed by atoms with Crippen LogP contribution in [0.3, 0.4) is 0 Å². The molecule has 3 rings (SSSR count). The van der Waals surface area contributed by atoms with Crippen molar-refractivity contribution in [2.24, 2.45) is 0 Å². The first-order valence-corrected chi connectivity index (χ1v) is 9.07. The zero-order chi connectivity index (χ0) is 20.4. The van der Waals surface area contributed by atoms with Gasteiger partial charge in [0.2, 0.25) is 0 Å². The highest BCUT2D eigenvalue weighted by Gasteiger charge is 2.22. The van der Waals surface area contributed by atoms with Crippen molar-refractivity contribution >= 4 is 32.9 Å². The van der Waals surface area contributed by atoms with Gasteiger partial charge in [-0.1, -0.05) is 12.1 Å². The number of hydrogen-bond donors (Lipinski definition) is 0. The lowest BCUT2D eigenvalue weighted by Gasteiger charge is -2.19. The van der Waals surface area contributed by atoms with E-state index in [9.17, 15) is 13.6 Å². The topological polar surface area (TPSA) is 56.6 Å². The number of ether oxygens (including phenoxy) is 2. The molecule has 0 fully saturated rings. The molecule has 0 unspecified atom stereocenters. The molecule has 0 N–H and O–H groups in total. The van der Waals surface area contributed by atoms with Gasteiger partial charge in [-0.15, -0.1) is 0 Å². The van der Waals surface area contributed by atoms with E-state index in [1.165, 1.54) is 26.2 Å². The van der Waals surface area contributed by atoms with Gasteiger partial charge in [0.05, 0.1) is 31.8 Å². The number of imidazole rings is 1. The standard InChI is InChI=1S/C19H18BrF2N3O3/c1-24(18(26)11-8-14(27-2)17(20)15(9-11)28-3)10-16-23-12-6-4-5-7-13(12)25(16)19(21)22/h4-9,19H,10H2,1-3H3. The minimum absolute atomic E-state index is 0.0848. The van der Waals surface area contributed by atoms with Crippen LogP contribution in [0.25, 0.3) is 11.0 Å². The third kappa shape index (κ3) is 3.66. The number of carbonyl (C=O) groups excluding carboxylic acids is 1. The van der Waals surface area contributed by atoms with Crippen molar-refractivity contribution in [3.05, 3.63) is 52.3 Å². The Kier molecular flexibility index (Phi) is 5.83. The van der Waals surface area contributed by atoms with Gasteiger partial charge in [0, 0.05) is 12.6 Å². The maximum Gasteiger partial charge on any atom is 0.320 e. The molecule has 2 aromatic carbocycles. The van der Waals surface area contributed by atoms with Gasteiger partial charge in [0.25, 0.3) is 5.91 Å². The van der Waals surface area contributed by atoms with Crippen molar-refractivity contribution in [2.75, 3.05) is 21.3 Å². The monoisotopic (exact) mass is 453 g/mol. The van der Waals surface area contributed by atoms with E-state index in [1.54, 1.807) is 36.4 Å². The van der Waals surface area contributed by atoms with Crippen LogP contribution in [0.4, 0.5) is 8.78 Å². The first kappa shape index (κ1) is 20.1. The number of aromatic nitrogens is 2. The lowest BCUT2D eigenvalue weighted by molar-refractivity contribution is 0.0646. The van der Waals surface area contributed by atoms with Crippen LogP contribution < -0.4 is 9.47 Å². The van der Waals surface area contributed by atoms with Crippen LogP contribution in [-0.4, -0.2) is 41.6 Å². The molecule has 0 saturated carbocycles. The minimum atomic E-state index is -2.77. The second-order valence-electron chi connectivity index (χ2n) is 6.02. The summed E-state index contributed by atoms with van der Waals surface area (Å²) in [7, 11) is 4.48. The van der Waals surface area contributed by atoms with Gasteiger partial charge in [0.1, 0.15) is 21.8 Å². The van der Waals surface area contributed by atoms with Crippen LogP contribution in [0.1, 0.15) is 22.7 Å². The molecule has 148 valence electrons. The SMILES string of the molecule is COc1cc(C(=O)N(C)Cc2nc3ccccc3n2C(F)F)cc(OC)c1Br. The van der Waals surface area contributed by atoms with E-state index in [-0.39, 0.29) is 18.3 Å². The fourth-order valence-corrected chi connectivity index (χ4v) is 3.47. The van der Waals surface area contributed by atoms with Gasteiger partial charge in [0.15, 0.2) is 0 Å². The Morgan fingerprint density at radius 1 is 1.21 bits per heavy atom. The molecular weight excluding hydrogens is 436 g/mol. The zero-order valence-corrected chi connectivity index (χ0v) is 17.0. The third-order valence-corrected chi connectivity index (χ3v) is 5.06. The van der Waals surface area contributed by atoms with Crippen molar-refractivity contribution in [3.63, 3.8) is 0 Å². The molecule has 0 atom stereocenters. The molecule has 6 nitrogen and oxygen atoms in total. The van der Waals surface area contributed by atoms with E-state index in [2.05, 4.69) is 20.9 Å². The van der Waals surface area contributed by atoms with Crippen LogP contribution in [-0.2, 0) is 6.54 Å². The normalized spacial score (nSPS) is 11.1. The smallest absolute Gasteiger partial charge is 0.320 e. The van der Waals surface area contributed by atoms with Crippen LogP contribution in [0, 0.1) is 0 Å². The number of fused-ring (bicyclic) bond motifs is 1. The second kappa shape index (κ2) is 8.14. The highest BCUT2D eigenvalue weighted by Crippen LogP contribution is 2.36. The number of hydrogen-bond acceptors (Lipinski definition) is 4. The van der Waals surface area contributed by atoms with Crippen LogP contribution in [0.5, 0.6) is 11.5 Å². The van der Waals surface area contributed by atoms with E-state index in [1.807, 2.05) is 0 Å². The Morgan fingerprint density at radius 3 is 2.39 bits per heavy atom. The average molecular weight is 454 g/mol. The van der Waals surface area contributed by atoms with E-state index in [0.717, 1.165) is 4.57 Å². The van der Waals surface area contributed by atoms with Gasteiger partial charge in [-0.2, -0.15) is 8.78 Å². The Labute approximate surface area is 168 Å². The Bertz CT molecular complexity index is 998. The third-order valence-electron chi connectivity index (χ3n) is 4.28. The highest BCUT2D eigenvalue weighted by atomic mass is 79.9. The Balaban J connectivity index is 1.94. The summed E-state index contributed by atoms with van der Waals surface area (Å²) in [6.07, 6.45) is 0. The summed E-state index contributed by atoms with van der Waals surface area (Å²) >= 11 is 3.35. The first-order valence-electron chi connectivity index (χ1n) is 8.28. The van der Waals surface area contributed by atoms with Crippen LogP contribution >= 0.6 is 15.9 Å². The number of rotatable bonds is 6. The number of alkyl halides is 2. The van der Waals surface area contributed by atoms with Gasteiger partial charge < -0.3 is 14.4 Å². The molecule has 0 radical (unpaired) electrons. The number of carbonyl (C=O) groups is 1. The maximum atomic E-state index is 13.6.